The Morgan fingerprint density at radius 1 is 1.39 bits per heavy atom. The van der Waals surface area contributed by atoms with Crippen LogP contribution in [0.4, 0.5) is 0 Å². The molecule has 0 amide bonds. The fourth-order valence-electron chi connectivity index (χ4n) is 2.07. The second-order valence-electron chi connectivity index (χ2n) is 4.98. The minimum absolute atomic E-state index is 0.420. The van der Waals surface area contributed by atoms with Gasteiger partial charge in [-0.05, 0) is 56.4 Å². The van der Waals surface area contributed by atoms with E-state index in [1.54, 1.807) is 0 Å². The molecule has 0 radical (unpaired) electrons. The van der Waals surface area contributed by atoms with Gasteiger partial charge in [0.05, 0.1) is 18.8 Å². The third-order valence-electron chi connectivity index (χ3n) is 3.34. The molecule has 0 aromatic heterocycles. The monoisotopic (exact) mass is 268 g/mol. The molecule has 100 valence electrons. The number of benzene rings is 1. The highest BCUT2D eigenvalue weighted by molar-refractivity contribution is 6.31. The molecule has 0 saturated carbocycles. The Bertz CT molecular complexity index is 417. The van der Waals surface area contributed by atoms with Gasteiger partial charge in [-0.15, -0.1) is 0 Å². The molecule has 2 atom stereocenters. The van der Waals surface area contributed by atoms with E-state index >= 15 is 0 Å². The van der Waals surface area contributed by atoms with Gasteiger partial charge in [0.25, 0.3) is 0 Å². The molecular weight excluding hydrogens is 248 g/mol. The summed E-state index contributed by atoms with van der Waals surface area (Å²) in [7, 11) is 0. The highest BCUT2D eigenvalue weighted by atomic mass is 35.5. The van der Waals surface area contributed by atoms with Gasteiger partial charge in [-0.2, -0.15) is 0 Å². The van der Waals surface area contributed by atoms with Gasteiger partial charge < -0.3 is 9.47 Å². The van der Waals surface area contributed by atoms with Crippen LogP contribution in [0.15, 0.2) is 12.1 Å². The maximum Gasteiger partial charge on any atom is 0.122 e. The number of halogens is 1. The summed E-state index contributed by atoms with van der Waals surface area (Å²) in [4.78, 5) is 0. The standard InChI is InChI=1S/C15H21ClO2/c1-4-7-17-15-8-10(2)13(16)9-12(15)5-6-14-11(3)18-14/h8-9,11,14H,4-7H2,1-3H3. The smallest absolute Gasteiger partial charge is 0.122 e. The first-order valence-corrected chi connectivity index (χ1v) is 7.07. The zero-order valence-electron chi connectivity index (χ0n) is 11.3. The predicted molar refractivity (Wildman–Crippen MR) is 74.6 cm³/mol. The minimum atomic E-state index is 0.420. The largest absolute Gasteiger partial charge is 0.493 e. The van der Waals surface area contributed by atoms with Crippen LogP contribution in [0.5, 0.6) is 5.75 Å². The molecule has 1 saturated heterocycles. The number of epoxide rings is 1. The number of rotatable bonds is 6. The third-order valence-corrected chi connectivity index (χ3v) is 3.75. The normalized spacial score (nSPS) is 22.0. The molecule has 18 heavy (non-hydrogen) atoms. The molecule has 1 heterocycles. The average Bonchev–Trinajstić information content (AvgIpc) is 3.04. The van der Waals surface area contributed by atoms with Crippen molar-refractivity contribution in [3.8, 4) is 5.75 Å². The molecule has 0 spiro atoms. The van der Waals surface area contributed by atoms with Crippen LogP contribution in [-0.2, 0) is 11.2 Å². The minimum Gasteiger partial charge on any atom is -0.493 e. The molecule has 1 aliphatic heterocycles. The van der Waals surface area contributed by atoms with Gasteiger partial charge in [-0.25, -0.2) is 0 Å². The first-order valence-electron chi connectivity index (χ1n) is 6.69. The fraction of sp³-hybridized carbons (Fsp3) is 0.600. The van der Waals surface area contributed by atoms with Crippen molar-refractivity contribution in [3.05, 3.63) is 28.3 Å². The summed E-state index contributed by atoms with van der Waals surface area (Å²) in [6.07, 6.45) is 3.87. The molecule has 1 aromatic rings. The molecule has 3 heteroatoms. The number of hydrogen-bond acceptors (Lipinski definition) is 2. The molecule has 0 N–H and O–H groups in total. The van der Waals surface area contributed by atoms with Crippen LogP contribution in [0.1, 0.15) is 37.8 Å². The van der Waals surface area contributed by atoms with E-state index in [0.717, 1.165) is 42.2 Å². The summed E-state index contributed by atoms with van der Waals surface area (Å²) in [5, 5.41) is 0.818. The summed E-state index contributed by atoms with van der Waals surface area (Å²) in [5.74, 6) is 0.979. The lowest BCUT2D eigenvalue weighted by atomic mass is 10.0. The highest BCUT2D eigenvalue weighted by Gasteiger charge is 2.33. The zero-order chi connectivity index (χ0) is 13.1. The molecule has 0 bridgehead atoms. The lowest BCUT2D eigenvalue weighted by Crippen LogP contribution is -2.02. The van der Waals surface area contributed by atoms with Gasteiger partial charge >= 0.3 is 0 Å². The molecule has 2 unspecified atom stereocenters. The Morgan fingerprint density at radius 3 is 2.72 bits per heavy atom. The lowest BCUT2D eigenvalue weighted by molar-refractivity contribution is 0.312. The number of aryl methyl sites for hydroxylation is 2. The van der Waals surface area contributed by atoms with Crippen molar-refractivity contribution in [2.75, 3.05) is 6.61 Å². The maximum atomic E-state index is 6.19. The summed E-state index contributed by atoms with van der Waals surface area (Å²) in [6.45, 7) is 6.99. The number of ether oxygens (including phenoxy) is 2. The van der Waals surface area contributed by atoms with E-state index in [9.17, 15) is 0 Å². The first kappa shape index (κ1) is 13.7. The second kappa shape index (κ2) is 5.94. The molecular formula is C15H21ClO2. The summed E-state index contributed by atoms with van der Waals surface area (Å²) < 4.78 is 11.2. The van der Waals surface area contributed by atoms with Crippen molar-refractivity contribution in [3.63, 3.8) is 0 Å². The molecule has 0 aliphatic carbocycles. The van der Waals surface area contributed by atoms with Gasteiger partial charge in [0.15, 0.2) is 0 Å². The quantitative estimate of drug-likeness (QED) is 0.723. The summed E-state index contributed by atoms with van der Waals surface area (Å²) in [5.41, 5.74) is 2.27. The zero-order valence-corrected chi connectivity index (χ0v) is 12.1. The van der Waals surface area contributed by atoms with Gasteiger partial charge in [-0.1, -0.05) is 18.5 Å². The highest BCUT2D eigenvalue weighted by Crippen LogP contribution is 2.31. The fourth-order valence-corrected chi connectivity index (χ4v) is 2.26. The Balaban J connectivity index is 2.06. The Hall–Kier alpha value is -0.730. The summed E-state index contributed by atoms with van der Waals surface area (Å²) >= 11 is 6.19. The average molecular weight is 269 g/mol. The van der Waals surface area contributed by atoms with Crippen LogP contribution in [0, 0.1) is 6.92 Å². The van der Waals surface area contributed by atoms with Crippen molar-refractivity contribution in [2.45, 2.75) is 52.2 Å². The lowest BCUT2D eigenvalue weighted by Gasteiger charge is -2.12. The van der Waals surface area contributed by atoms with Gasteiger partial charge in [0.1, 0.15) is 5.75 Å². The van der Waals surface area contributed by atoms with E-state index in [0.29, 0.717) is 12.2 Å². The number of hydrogen-bond donors (Lipinski definition) is 0. The van der Waals surface area contributed by atoms with Crippen molar-refractivity contribution in [1.82, 2.24) is 0 Å². The van der Waals surface area contributed by atoms with E-state index in [1.807, 2.05) is 19.1 Å². The van der Waals surface area contributed by atoms with Gasteiger partial charge in [0, 0.05) is 5.02 Å². The van der Waals surface area contributed by atoms with E-state index in [2.05, 4.69) is 13.8 Å². The van der Waals surface area contributed by atoms with Crippen molar-refractivity contribution in [2.24, 2.45) is 0 Å². The van der Waals surface area contributed by atoms with Gasteiger partial charge in [-0.3, -0.25) is 0 Å². The van der Waals surface area contributed by atoms with Crippen molar-refractivity contribution in [1.29, 1.82) is 0 Å². The third kappa shape index (κ3) is 3.39. The van der Waals surface area contributed by atoms with Crippen molar-refractivity contribution >= 4 is 11.6 Å². The van der Waals surface area contributed by atoms with E-state index in [1.165, 1.54) is 5.56 Å². The Kier molecular flexibility index (Phi) is 4.52. The Labute approximate surface area is 114 Å². The Morgan fingerprint density at radius 2 is 2.11 bits per heavy atom. The van der Waals surface area contributed by atoms with E-state index < -0.39 is 0 Å². The van der Waals surface area contributed by atoms with Crippen molar-refractivity contribution < 1.29 is 9.47 Å². The van der Waals surface area contributed by atoms with Crippen LogP contribution in [0.25, 0.3) is 0 Å². The van der Waals surface area contributed by atoms with Crippen LogP contribution < -0.4 is 4.74 Å². The molecule has 1 fully saturated rings. The predicted octanol–water partition coefficient (Wildman–Crippen LogP) is 4.16. The first-order chi connectivity index (χ1) is 8.61. The SMILES string of the molecule is CCCOc1cc(C)c(Cl)cc1CCC1OC1C. The van der Waals surface area contributed by atoms with Crippen LogP contribution in [0.2, 0.25) is 5.02 Å². The topological polar surface area (TPSA) is 21.8 Å². The van der Waals surface area contributed by atoms with E-state index in [-0.39, 0.29) is 0 Å². The molecule has 2 rings (SSSR count). The van der Waals surface area contributed by atoms with Crippen LogP contribution in [0.3, 0.4) is 0 Å². The van der Waals surface area contributed by atoms with Crippen LogP contribution in [-0.4, -0.2) is 18.8 Å². The molecule has 2 nitrogen and oxygen atoms in total. The summed E-state index contributed by atoms with van der Waals surface area (Å²) in [6, 6.07) is 4.08. The van der Waals surface area contributed by atoms with Crippen LogP contribution >= 0.6 is 11.6 Å². The van der Waals surface area contributed by atoms with Gasteiger partial charge in [0.2, 0.25) is 0 Å². The maximum absolute atomic E-state index is 6.19. The molecule has 1 aromatic carbocycles. The van der Waals surface area contributed by atoms with E-state index in [4.69, 9.17) is 21.1 Å². The molecule has 1 aliphatic rings. The second-order valence-corrected chi connectivity index (χ2v) is 5.38.